The number of anilines is 1. The van der Waals surface area contributed by atoms with Crippen molar-refractivity contribution in [3.05, 3.63) is 27.9 Å². The van der Waals surface area contributed by atoms with E-state index in [0.29, 0.717) is 6.54 Å². The van der Waals surface area contributed by atoms with Gasteiger partial charge in [0, 0.05) is 18.2 Å². The van der Waals surface area contributed by atoms with Crippen molar-refractivity contribution in [3.8, 4) is 0 Å². The lowest BCUT2D eigenvalue weighted by Crippen LogP contribution is -2.47. The highest BCUT2D eigenvalue weighted by Gasteiger charge is 2.30. The minimum atomic E-state index is -0.623. The van der Waals surface area contributed by atoms with Crippen molar-refractivity contribution in [3.63, 3.8) is 0 Å². The first-order chi connectivity index (χ1) is 10.8. The molecule has 0 amide bonds. The molecule has 0 aromatic carbocycles. The van der Waals surface area contributed by atoms with Crippen LogP contribution in [0.1, 0.15) is 37.2 Å². The number of aromatic nitrogens is 1. The third-order valence-corrected chi connectivity index (χ3v) is 4.12. The molecule has 126 valence electrons. The Bertz CT molecular complexity index is 597. The van der Waals surface area contributed by atoms with Crippen molar-refractivity contribution in [2.75, 3.05) is 32.1 Å². The van der Waals surface area contributed by atoms with E-state index < -0.39 is 10.9 Å². The minimum absolute atomic E-state index is 0.0413. The zero-order valence-corrected chi connectivity index (χ0v) is 13.7. The predicted octanol–water partition coefficient (Wildman–Crippen LogP) is 2.06. The molecule has 0 bridgehead atoms. The molecule has 0 aliphatic carbocycles. The fraction of sp³-hybridized carbons (Fsp3) is 0.600. The van der Waals surface area contributed by atoms with Crippen LogP contribution in [0.15, 0.2) is 12.1 Å². The molecule has 1 aliphatic heterocycles. The number of hydrogen-bond donors (Lipinski definition) is 1. The van der Waals surface area contributed by atoms with Crippen molar-refractivity contribution in [1.29, 1.82) is 0 Å². The number of esters is 1. The van der Waals surface area contributed by atoms with E-state index in [0.717, 1.165) is 13.1 Å². The van der Waals surface area contributed by atoms with E-state index in [1.54, 1.807) is 0 Å². The van der Waals surface area contributed by atoms with Gasteiger partial charge in [0.05, 0.1) is 12.0 Å². The first-order valence-electron chi connectivity index (χ1n) is 7.58. The van der Waals surface area contributed by atoms with Gasteiger partial charge in [-0.15, -0.1) is 0 Å². The number of likely N-dealkylation sites (tertiary alicyclic amines) is 1. The van der Waals surface area contributed by atoms with Gasteiger partial charge in [0.15, 0.2) is 5.69 Å². The van der Waals surface area contributed by atoms with Crippen molar-refractivity contribution >= 4 is 17.5 Å². The number of nitro groups is 1. The largest absolute Gasteiger partial charge is 0.464 e. The molecule has 8 nitrogen and oxygen atoms in total. The molecule has 1 fully saturated rings. The summed E-state index contributed by atoms with van der Waals surface area (Å²) in [5.74, 6) is -0.535. The number of carbonyl (C=O) groups excluding carboxylic acids is 1. The first kappa shape index (κ1) is 17.1. The number of hydrogen-bond acceptors (Lipinski definition) is 7. The van der Waals surface area contributed by atoms with Crippen LogP contribution in [-0.4, -0.2) is 53.1 Å². The van der Waals surface area contributed by atoms with Crippen LogP contribution in [0.2, 0.25) is 0 Å². The van der Waals surface area contributed by atoms with Gasteiger partial charge in [-0.25, -0.2) is 9.78 Å². The number of nitrogens with zero attached hydrogens (tertiary/aromatic N) is 3. The van der Waals surface area contributed by atoms with Crippen LogP contribution < -0.4 is 5.32 Å². The lowest BCUT2D eigenvalue weighted by molar-refractivity contribution is -0.384. The van der Waals surface area contributed by atoms with Crippen LogP contribution in [0.4, 0.5) is 11.5 Å². The predicted molar refractivity (Wildman–Crippen MR) is 85.6 cm³/mol. The van der Waals surface area contributed by atoms with Crippen LogP contribution in [-0.2, 0) is 4.74 Å². The maximum atomic E-state index is 11.6. The summed E-state index contributed by atoms with van der Waals surface area (Å²) in [4.78, 5) is 28.6. The van der Waals surface area contributed by atoms with E-state index in [-0.39, 0.29) is 22.7 Å². The van der Waals surface area contributed by atoms with E-state index in [9.17, 15) is 14.9 Å². The van der Waals surface area contributed by atoms with Gasteiger partial charge in [-0.1, -0.05) is 0 Å². The normalized spacial score (nSPS) is 15.4. The van der Waals surface area contributed by atoms with Crippen molar-refractivity contribution in [1.82, 2.24) is 9.88 Å². The topological polar surface area (TPSA) is 97.6 Å². The molecule has 0 saturated carbocycles. The molecule has 1 aromatic rings. The molecule has 2 rings (SSSR count). The van der Waals surface area contributed by atoms with Crippen LogP contribution in [0, 0.1) is 10.1 Å². The summed E-state index contributed by atoms with van der Waals surface area (Å²) >= 11 is 0. The highest BCUT2D eigenvalue weighted by molar-refractivity contribution is 5.88. The molecule has 2 heterocycles. The number of carbonyl (C=O) groups is 1. The second-order valence-electron chi connectivity index (χ2n) is 6.17. The van der Waals surface area contributed by atoms with Crippen LogP contribution in [0.5, 0.6) is 0 Å². The summed E-state index contributed by atoms with van der Waals surface area (Å²) in [5, 5.41) is 14.2. The maximum absolute atomic E-state index is 11.6. The van der Waals surface area contributed by atoms with E-state index >= 15 is 0 Å². The number of methoxy groups -OCH3 is 1. The Morgan fingerprint density at radius 1 is 1.43 bits per heavy atom. The number of pyridine rings is 1. The van der Waals surface area contributed by atoms with Gasteiger partial charge in [0.25, 0.3) is 0 Å². The van der Waals surface area contributed by atoms with E-state index in [1.165, 1.54) is 32.1 Å². The Morgan fingerprint density at radius 3 is 2.65 bits per heavy atom. The molecule has 1 aliphatic rings. The summed E-state index contributed by atoms with van der Waals surface area (Å²) in [7, 11) is 1.25. The van der Waals surface area contributed by atoms with Gasteiger partial charge in [0.2, 0.25) is 5.82 Å². The van der Waals surface area contributed by atoms with Gasteiger partial charge in [-0.2, -0.15) is 0 Å². The van der Waals surface area contributed by atoms with Gasteiger partial charge in [-0.05, 0) is 45.8 Å². The van der Waals surface area contributed by atoms with Crippen LogP contribution in [0.25, 0.3) is 0 Å². The van der Waals surface area contributed by atoms with E-state index in [4.69, 9.17) is 0 Å². The number of rotatable bonds is 6. The summed E-state index contributed by atoms with van der Waals surface area (Å²) in [6.45, 7) is 6.70. The van der Waals surface area contributed by atoms with E-state index in [2.05, 4.69) is 33.8 Å². The standard InChI is InChI=1S/C15H22N4O4/c1-15(2,18-8-4-5-9-18)10-16-13-12(19(21)22)7-6-11(17-13)14(20)23-3/h6-7H,4-5,8-10H2,1-3H3,(H,16,17). The zero-order valence-electron chi connectivity index (χ0n) is 13.7. The average Bonchev–Trinajstić information content (AvgIpc) is 3.07. The van der Waals surface area contributed by atoms with Crippen molar-refractivity contribution < 1.29 is 14.5 Å². The highest BCUT2D eigenvalue weighted by Crippen LogP contribution is 2.25. The Hall–Kier alpha value is -2.22. The molecule has 1 N–H and O–H groups in total. The van der Waals surface area contributed by atoms with Gasteiger partial charge in [0.1, 0.15) is 0 Å². The molecule has 23 heavy (non-hydrogen) atoms. The molecular formula is C15H22N4O4. The number of nitrogens with one attached hydrogen (secondary N) is 1. The molecule has 0 unspecified atom stereocenters. The Labute approximate surface area is 135 Å². The average molecular weight is 322 g/mol. The second-order valence-corrected chi connectivity index (χ2v) is 6.17. The summed E-state index contributed by atoms with van der Waals surface area (Å²) in [5.41, 5.74) is -0.276. The van der Waals surface area contributed by atoms with Crippen LogP contribution in [0.3, 0.4) is 0 Å². The monoisotopic (exact) mass is 322 g/mol. The van der Waals surface area contributed by atoms with Gasteiger partial charge in [-0.3, -0.25) is 15.0 Å². The second kappa shape index (κ2) is 6.91. The van der Waals surface area contributed by atoms with E-state index in [1.807, 2.05) is 0 Å². The van der Waals surface area contributed by atoms with Crippen LogP contribution >= 0.6 is 0 Å². The van der Waals surface area contributed by atoms with Crippen molar-refractivity contribution in [2.24, 2.45) is 0 Å². The molecule has 0 radical (unpaired) electrons. The minimum Gasteiger partial charge on any atom is -0.464 e. The molecule has 8 heteroatoms. The quantitative estimate of drug-likeness (QED) is 0.486. The SMILES string of the molecule is COC(=O)c1ccc([N+](=O)[O-])c(NCC(C)(C)N2CCCC2)n1. The summed E-state index contributed by atoms with van der Waals surface area (Å²) < 4.78 is 4.61. The number of ether oxygens (including phenoxy) is 1. The lowest BCUT2D eigenvalue weighted by Gasteiger charge is -2.35. The fourth-order valence-electron chi connectivity index (χ4n) is 2.68. The Morgan fingerprint density at radius 2 is 2.09 bits per heavy atom. The molecule has 0 atom stereocenters. The summed E-state index contributed by atoms with van der Waals surface area (Å²) in [6.07, 6.45) is 2.33. The van der Waals surface area contributed by atoms with Gasteiger partial charge < -0.3 is 10.1 Å². The third kappa shape index (κ3) is 3.95. The smallest absolute Gasteiger partial charge is 0.356 e. The molecular weight excluding hydrogens is 300 g/mol. The molecule has 1 aromatic heterocycles. The van der Waals surface area contributed by atoms with Gasteiger partial charge >= 0.3 is 11.7 Å². The first-order valence-corrected chi connectivity index (χ1v) is 7.58. The highest BCUT2D eigenvalue weighted by atomic mass is 16.6. The lowest BCUT2D eigenvalue weighted by atomic mass is 10.0. The fourth-order valence-corrected chi connectivity index (χ4v) is 2.68. The Kier molecular flexibility index (Phi) is 5.15. The van der Waals surface area contributed by atoms with Crippen molar-refractivity contribution in [2.45, 2.75) is 32.2 Å². The zero-order chi connectivity index (χ0) is 17.0. The molecule has 0 spiro atoms. The maximum Gasteiger partial charge on any atom is 0.356 e. The Balaban J connectivity index is 2.19. The summed E-state index contributed by atoms with van der Waals surface area (Å²) in [6, 6.07) is 2.56. The molecule has 1 saturated heterocycles. The third-order valence-electron chi connectivity index (χ3n) is 4.12.